The van der Waals surface area contributed by atoms with Crippen LogP contribution in [0.5, 0.6) is 0 Å². The quantitative estimate of drug-likeness (QED) is 0.200. The molecule has 212 valence electrons. The minimum Gasteiger partial charge on any atom is -0.310 e. The lowest BCUT2D eigenvalue weighted by Gasteiger charge is -2.29. The zero-order chi connectivity index (χ0) is 29.8. The van der Waals surface area contributed by atoms with E-state index < -0.39 is 0 Å². The molecule has 2 aliphatic carbocycles. The maximum absolute atomic E-state index is 2.51. The molecule has 0 atom stereocenters. The molecule has 1 aromatic heterocycles. The first-order valence-electron chi connectivity index (χ1n) is 15.5. The molecule has 9 rings (SSSR count). The zero-order valence-corrected chi connectivity index (χ0v) is 26.3. The molecule has 0 amide bonds. The third kappa shape index (κ3) is 3.41. The van der Waals surface area contributed by atoms with Gasteiger partial charge in [0.15, 0.2) is 0 Å². The van der Waals surface area contributed by atoms with E-state index in [9.17, 15) is 0 Å². The molecule has 2 heteroatoms. The van der Waals surface area contributed by atoms with Crippen molar-refractivity contribution in [1.82, 2.24) is 0 Å². The van der Waals surface area contributed by atoms with Crippen LogP contribution in [0.25, 0.3) is 42.4 Å². The number of anilines is 3. The molecule has 0 aliphatic heterocycles. The number of benzene rings is 6. The van der Waals surface area contributed by atoms with Crippen molar-refractivity contribution < 1.29 is 0 Å². The molecule has 0 saturated carbocycles. The van der Waals surface area contributed by atoms with E-state index >= 15 is 0 Å². The Morgan fingerprint density at radius 3 is 1.82 bits per heavy atom. The summed E-state index contributed by atoms with van der Waals surface area (Å²) in [6, 6.07) is 47.8. The fourth-order valence-electron chi connectivity index (χ4n) is 8.05. The van der Waals surface area contributed by atoms with Gasteiger partial charge in [0.1, 0.15) is 0 Å². The average molecular weight is 584 g/mol. The lowest BCUT2D eigenvalue weighted by molar-refractivity contribution is 0.660. The van der Waals surface area contributed by atoms with Gasteiger partial charge in [0.2, 0.25) is 0 Å². The van der Waals surface area contributed by atoms with Crippen LogP contribution in [0.1, 0.15) is 49.9 Å². The van der Waals surface area contributed by atoms with E-state index in [1.165, 1.54) is 81.7 Å². The highest BCUT2D eigenvalue weighted by molar-refractivity contribution is 7.26. The highest BCUT2D eigenvalue weighted by Crippen LogP contribution is 2.54. The highest BCUT2D eigenvalue weighted by Gasteiger charge is 2.37. The minimum absolute atomic E-state index is 0.0256. The van der Waals surface area contributed by atoms with E-state index in [1.54, 1.807) is 0 Å². The number of fused-ring (bicyclic) bond motifs is 9. The molecule has 0 spiro atoms. The van der Waals surface area contributed by atoms with Crippen LogP contribution in [0, 0.1) is 0 Å². The fraction of sp³-hybridized carbons (Fsp3) is 0.143. The Labute approximate surface area is 263 Å². The fourth-order valence-corrected chi connectivity index (χ4v) is 9.17. The molecule has 1 nitrogen and oxygen atoms in total. The van der Waals surface area contributed by atoms with Crippen molar-refractivity contribution in [1.29, 1.82) is 0 Å². The summed E-state index contributed by atoms with van der Waals surface area (Å²) in [4.78, 5) is 2.51. The molecule has 0 N–H and O–H groups in total. The molecule has 0 fully saturated rings. The third-order valence-corrected chi connectivity index (χ3v) is 11.4. The summed E-state index contributed by atoms with van der Waals surface area (Å²) in [6.07, 6.45) is 0. The molecule has 44 heavy (non-hydrogen) atoms. The molecule has 0 bridgehead atoms. The molecule has 7 aromatic rings. The maximum atomic E-state index is 2.51. The Hall–Kier alpha value is -4.66. The Balaban J connectivity index is 1.32. The highest BCUT2D eigenvalue weighted by atomic mass is 32.1. The van der Waals surface area contributed by atoms with Gasteiger partial charge in [0, 0.05) is 42.4 Å². The zero-order valence-electron chi connectivity index (χ0n) is 25.5. The Morgan fingerprint density at radius 1 is 0.455 bits per heavy atom. The van der Waals surface area contributed by atoms with E-state index in [2.05, 4.69) is 160 Å². The second-order valence-corrected chi connectivity index (χ2v) is 14.5. The molecule has 1 heterocycles. The van der Waals surface area contributed by atoms with E-state index in [-0.39, 0.29) is 10.8 Å². The molecular formula is C42H33NS. The predicted molar refractivity (Wildman–Crippen MR) is 189 cm³/mol. The molecule has 0 unspecified atom stereocenters. The van der Waals surface area contributed by atoms with Gasteiger partial charge in [-0.05, 0) is 87.0 Å². The summed E-state index contributed by atoms with van der Waals surface area (Å²) >= 11 is 1.88. The van der Waals surface area contributed by atoms with Crippen molar-refractivity contribution in [3.05, 3.63) is 150 Å². The van der Waals surface area contributed by atoms with Crippen molar-refractivity contribution in [3.63, 3.8) is 0 Å². The number of hydrogen-bond donors (Lipinski definition) is 0. The van der Waals surface area contributed by atoms with Crippen molar-refractivity contribution in [3.8, 4) is 22.3 Å². The average Bonchev–Trinajstić information content (AvgIpc) is 3.62. The summed E-state index contributed by atoms with van der Waals surface area (Å²) in [5, 5.41) is 2.63. The summed E-state index contributed by atoms with van der Waals surface area (Å²) in [6.45, 7) is 9.45. The van der Waals surface area contributed by atoms with Gasteiger partial charge in [-0.15, -0.1) is 11.3 Å². The van der Waals surface area contributed by atoms with Crippen LogP contribution < -0.4 is 4.90 Å². The first-order chi connectivity index (χ1) is 21.3. The first kappa shape index (κ1) is 25.8. The van der Waals surface area contributed by atoms with Crippen molar-refractivity contribution in [2.24, 2.45) is 0 Å². The topological polar surface area (TPSA) is 3.24 Å². The van der Waals surface area contributed by atoms with E-state index in [0.717, 1.165) is 0 Å². The van der Waals surface area contributed by atoms with Gasteiger partial charge in [0.25, 0.3) is 0 Å². The Bertz CT molecular complexity index is 2300. The number of rotatable bonds is 3. The third-order valence-electron chi connectivity index (χ3n) is 10.3. The Morgan fingerprint density at radius 2 is 1.02 bits per heavy atom. The van der Waals surface area contributed by atoms with Crippen molar-refractivity contribution >= 4 is 48.6 Å². The van der Waals surface area contributed by atoms with Crippen LogP contribution in [0.3, 0.4) is 0 Å². The largest absolute Gasteiger partial charge is 0.310 e. The van der Waals surface area contributed by atoms with Gasteiger partial charge < -0.3 is 4.90 Å². The number of thiophene rings is 1. The molecule has 2 aliphatic rings. The molecule has 0 radical (unpaired) electrons. The van der Waals surface area contributed by atoms with Crippen LogP contribution >= 0.6 is 11.3 Å². The summed E-state index contributed by atoms with van der Waals surface area (Å²) in [5.74, 6) is 0. The second-order valence-electron chi connectivity index (χ2n) is 13.4. The molecular weight excluding hydrogens is 551 g/mol. The van der Waals surface area contributed by atoms with Crippen molar-refractivity contribution in [2.45, 2.75) is 38.5 Å². The summed E-state index contributed by atoms with van der Waals surface area (Å²) in [7, 11) is 0. The van der Waals surface area contributed by atoms with E-state index in [1.807, 2.05) is 11.3 Å². The lowest BCUT2D eigenvalue weighted by Crippen LogP contribution is -2.17. The standard InChI is InChI=1S/C42H33NS/c1-41(2)34-16-9-6-13-29(34)32-24-26(21-23-35(32)41)43(37-17-11-19-39-40(37)31-14-7-10-18-38(31)44-39)27-20-22-30-28-12-5-8-15-33(28)42(3,4)36(30)25-27/h5-25H,1-4H3. The minimum atomic E-state index is -0.0738. The van der Waals surface area contributed by atoms with Crippen LogP contribution in [0.2, 0.25) is 0 Å². The number of nitrogens with zero attached hydrogens (tertiary/aromatic N) is 1. The second kappa shape index (κ2) is 8.94. The van der Waals surface area contributed by atoms with Gasteiger partial charge >= 0.3 is 0 Å². The number of hydrogen-bond acceptors (Lipinski definition) is 2. The maximum Gasteiger partial charge on any atom is 0.0554 e. The van der Waals surface area contributed by atoms with Gasteiger partial charge in [-0.1, -0.05) is 113 Å². The SMILES string of the molecule is CC1(C)c2ccccc2-c2cc(N(c3ccc4c(c3)C(C)(C)c3ccccc3-4)c3cccc4sc5ccccc5c34)ccc21. The van der Waals surface area contributed by atoms with E-state index in [4.69, 9.17) is 0 Å². The predicted octanol–water partition coefficient (Wildman–Crippen LogP) is 12.1. The summed E-state index contributed by atoms with van der Waals surface area (Å²) in [5.41, 5.74) is 14.5. The molecule has 6 aromatic carbocycles. The monoisotopic (exact) mass is 583 g/mol. The van der Waals surface area contributed by atoms with Gasteiger partial charge in [-0.3, -0.25) is 0 Å². The lowest BCUT2D eigenvalue weighted by atomic mass is 9.82. The van der Waals surface area contributed by atoms with Gasteiger partial charge in [-0.2, -0.15) is 0 Å². The molecule has 0 saturated heterocycles. The summed E-state index contributed by atoms with van der Waals surface area (Å²) < 4.78 is 2.64. The van der Waals surface area contributed by atoms with Crippen LogP contribution in [-0.4, -0.2) is 0 Å². The van der Waals surface area contributed by atoms with Gasteiger partial charge in [0.05, 0.1) is 5.69 Å². The van der Waals surface area contributed by atoms with Gasteiger partial charge in [-0.25, -0.2) is 0 Å². The van der Waals surface area contributed by atoms with Crippen LogP contribution in [-0.2, 0) is 10.8 Å². The first-order valence-corrected chi connectivity index (χ1v) is 16.3. The Kier molecular flexibility index (Phi) is 5.24. The van der Waals surface area contributed by atoms with Crippen molar-refractivity contribution in [2.75, 3.05) is 4.90 Å². The van der Waals surface area contributed by atoms with E-state index in [0.29, 0.717) is 0 Å². The normalized spacial score (nSPS) is 15.2. The van der Waals surface area contributed by atoms with Crippen LogP contribution in [0.4, 0.5) is 17.1 Å². The smallest absolute Gasteiger partial charge is 0.0554 e. The van der Waals surface area contributed by atoms with Crippen LogP contribution in [0.15, 0.2) is 127 Å².